The third-order valence-corrected chi connectivity index (χ3v) is 6.38. The summed E-state index contributed by atoms with van der Waals surface area (Å²) in [5.74, 6) is -0.491. The van der Waals surface area contributed by atoms with Gasteiger partial charge in [-0.15, -0.1) is 0 Å². The quantitative estimate of drug-likeness (QED) is 0.749. The molecule has 1 amide bonds. The van der Waals surface area contributed by atoms with Crippen molar-refractivity contribution in [1.29, 1.82) is 0 Å². The first-order valence-electron chi connectivity index (χ1n) is 8.11. The van der Waals surface area contributed by atoms with Crippen LogP contribution in [0.1, 0.15) is 19.8 Å². The van der Waals surface area contributed by atoms with Crippen LogP contribution in [0.2, 0.25) is 0 Å². The van der Waals surface area contributed by atoms with Crippen LogP contribution in [0.3, 0.4) is 0 Å². The van der Waals surface area contributed by atoms with E-state index in [9.17, 15) is 18.0 Å². The van der Waals surface area contributed by atoms with Gasteiger partial charge in [0.2, 0.25) is 0 Å². The van der Waals surface area contributed by atoms with Crippen LogP contribution in [0.25, 0.3) is 0 Å². The number of carbonyl (C=O) groups excluding carboxylic acids is 2. The number of benzene rings is 1. The molecule has 2 fully saturated rings. The minimum Gasteiger partial charge on any atom is -0.455 e. The molecule has 1 aliphatic carbocycles. The van der Waals surface area contributed by atoms with Crippen LogP contribution in [-0.2, 0) is 24.2 Å². The number of anilines is 1. The van der Waals surface area contributed by atoms with Crippen molar-refractivity contribution in [2.45, 2.75) is 25.8 Å². The maximum absolute atomic E-state index is 12.6. The fourth-order valence-electron chi connectivity index (χ4n) is 3.09. The van der Waals surface area contributed by atoms with Gasteiger partial charge >= 0.3 is 5.97 Å². The molecule has 1 aromatic rings. The predicted octanol–water partition coefficient (Wildman–Crippen LogP) is 1.41. The summed E-state index contributed by atoms with van der Waals surface area (Å²) in [4.78, 5) is 25.9. The van der Waals surface area contributed by atoms with E-state index >= 15 is 0 Å². The molecule has 24 heavy (non-hydrogen) atoms. The average Bonchev–Trinajstić information content (AvgIpc) is 3.18. The zero-order chi connectivity index (χ0) is 17.3. The highest BCUT2D eigenvalue weighted by molar-refractivity contribution is 7.91. The number of hydrogen-bond donors (Lipinski definition) is 0. The van der Waals surface area contributed by atoms with Crippen molar-refractivity contribution >= 4 is 27.4 Å². The van der Waals surface area contributed by atoms with E-state index in [1.165, 1.54) is 4.90 Å². The standard InChI is InChI=1S/C17H21NO5S/c1-12-9-15(12)17(20)23-10-16(19)18(13-5-3-2-4-6-13)14-7-8-24(21,22)11-14/h2-6,12,14-15H,7-11H2,1H3/t12-,14+,15+/m0/s1. The second kappa shape index (κ2) is 6.55. The normalized spacial score (nSPS) is 27.5. The Balaban J connectivity index is 1.72. The van der Waals surface area contributed by atoms with Gasteiger partial charge in [0.1, 0.15) is 0 Å². The van der Waals surface area contributed by atoms with Gasteiger partial charge in [0, 0.05) is 5.69 Å². The number of rotatable bonds is 5. The number of esters is 1. The number of sulfone groups is 1. The molecular formula is C17H21NO5S. The number of amides is 1. The first kappa shape index (κ1) is 17.0. The third kappa shape index (κ3) is 3.77. The fraction of sp³-hybridized carbons (Fsp3) is 0.529. The van der Waals surface area contributed by atoms with Crippen molar-refractivity contribution in [3.63, 3.8) is 0 Å². The van der Waals surface area contributed by atoms with E-state index in [2.05, 4.69) is 0 Å². The number of carbonyl (C=O) groups is 2. The molecule has 130 valence electrons. The van der Waals surface area contributed by atoms with E-state index in [0.717, 1.165) is 6.42 Å². The third-order valence-electron chi connectivity index (χ3n) is 4.63. The molecule has 1 saturated carbocycles. The Kier molecular flexibility index (Phi) is 4.62. The molecule has 0 radical (unpaired) electrons. The average molecular weight is 351 g/mol. The lowest BCUT2D eigenvalue weighted by molar-refractivity contribution is -0.149. The highest BCUT2D eigenvalue weighted by Gasteiger charge is 2.41. The number of ether oxygens (including phenoxy) is 1. The maximum Gasteiger partial charge on any atom is 0.309 e. The van der Waals surface area contributed by atoms with Gasteiger partial charge in [0.25, 0.3) is 5.91 Å². The smallest absolute Gasteiger partial charge is 0.309 e. The zero-order valence-corrected chi connectivity index (χ0v) is 14.4. The summed E-state index contributed by atoms with van der Waals surface area (Å²) in [6.45, 7) is 1.61. The molecule has 0 bridgehead atoms. The molecule has 1 saturated heterocycles. The predicted molar refractivity (Wildman–Crippen MR) is 89.2 cm³/mol. The molecule has 1 aliphatic heterocycles. The first-order chi connectivity index (χ1) is 11.4. The number of para-hydroxylation sites is 1. The monoisotopic (exact) mass is 351 g/mol. The van der Waals surface area contributed by atoms with E-state index < -0.39 is 15.9 Å². The van der Waals surface area contributed by atoms with Crippen molar-refractivity contribution in [1.82, 2.24) is 0 Å². The van der Waals surface area contributed by atoms with Gasteiger partial charge in [-0.2, -0.15) is 0 Å². The highest BCUT2D eigenvalue weighted by atomic mass is 32.2. The van der Waals surface area contributed by atoms with E-state index in [1.54, 1.807) is 24.3 Å². The molecule has 3 atom stereocenters. The minimum absolute atomic E-state index is 0.0543. The molecular weight excluding hydrogens is 330 g/mol. The van der Waals surface area contributed by atoms with Crippen LogP contribution in [0.15, 0.2) is 30.3 Å². The summed E-state index contributed by atoms with van der Waals surface area (Å²) in [5, 5.41) is 0. The molecule has 1 aromatic carbocycles. The molecule has 6 nitrogen and oxygen atoms in total. The maximum atomic E-state index is 12.6. The van der Waals surface area contributed by atoms with Crippen molar-refractivity contribution in [2.75, 3.05) is 23.0 Å². The lowest BCUT2D eigenvalue weighted by Gasteiger charge is -2.28. The van der Waals surface area contributed by atoms with Crippen molar-refractivity contribution in [3.8, 4) is 0 Å². The van der Waals surface area contributed by atoms with Crippen LogP contribution in [0.5, 0.6) is 0 Å². The summed E-state index contributed by atoms with van der Waals surface area (Å²) in [5.41, 5.74) is 0.625. The van der Waals surface area contributed by atoms with Gasteiger partial charge in [-0.25, -0.2) is 8.42 Å². The largest absolute Gasteiger partial charge is 0.455 e. The molecule has 1 heterocycles. The first-order valence-corrected chi connectivity index (χ1v) is 9.94. The topological polar surface area (TPSA) is 80.8 Å². The van der Waals surface area contributed by atoms with Crippen molar-refractivity contribution in [3.05, 3.63) is 30.3 Å². The highest BCUT2D eigenvalue weighted by Crippen LogP contribution is 2.38. The molecule has 0 N–H and O–H groups in total. The molecule has 0 aromatic heterocycles. The molecule has 7 heteroatoms. The summed E-state index contributed by atoms with van der Waals surface area (Å²) in [6, 6.07) is 8.50. The Labute approximate surface area is 141 Å². The van der Waals surface area contributed by atoms with E-state index in [4.69, 9.17) is 4.74 Å². The fourth-order valence-corrected chi connectivity index (χ4v) is 4.79. The van der Waals surface area contributed by atoms with Crippen molar-refractivity contribution in [2.24, 2.45) is 11.8 Å². The molecule has 2 aliphatic rings. The van der Waals surface area contributed by atoms with Gasteiger partial charge in [-0.3, -0.25) is 9.59 Å². The van der Waals surface area contributed by atoms with Crippen LogP contribution >= 0.6 is 0 Å². The lowest BCUT2D eigenvalue weighted by atomic mass is 10.2. The van der Waals surface area contributed by atoms with Gasteiger partial charge < -0.3 is 9.64 Å². The van der Waals surface area contributed by atoms with Gasteiger partial charge in [-0.05, 0) is 30.9 Å². The molecule has 3 rings (SSSR count). The SMILES string of the molecule is C[C@H]1C[C@H]1C(=O)OCC(=O)N(c1ccccc1)[C@@H]1CCS(=O)(=O)C1. The lowest BCUT2D eigenvalue weighted by Crippen LogP contribution is -2.43. The summed E-state index contributed by atoms with van der Waals surface area (Å²) in [7, 11) is -3.13. The van der Waals surface area contributed by atoms with Gasteiger partial charge in [0.05, 0.1) is 23.5 Å². The van der Waals surface area contributed by atoms with Crippen LogP contribution in [0, 0.1) is 11.8 Å². The second-order valence-electron chi connectivity index (χ2n) is 6.58. The van der Waals surface area contributed by atoms with Crippen molar-refractivity contribution < 1.29 is 22.7 Å². The summed E-state index contributed by atoms with van der Waals surface area (Å²) >= 11 is 0. The Morgan fingerprint density at radius 2 is 1.92 bits per heavy atom. The Hall–Kier alpha value is -1.89. The molecule has 0 unspecified atom stereocenters. The van der Waals surface area contributed by atoms with Crippen LogP contribution < -0.4 is 4.90 Å². The Bertz CT molecular complexity index is 731. The Morgan fingerprint density at radius 3 is 2.46 bits per heavy atom. The molecule has 0 spiro atoms. The van der Waals surface area contributed by atoms with Crippen LogP contribution in [0.4, 0.5) is 5.69 Å². The summed E-state index contributed by atoms with van der Waals surface area (Å²) in [6.07, 6.45) is 1.20. The van der Waals surface area contributed by atoms with E-state index in [0.29, 0.717) is 18.0 Å². The van der Waals surface area contributed by atoms with Crippen LogP contribution in [-0.4, -0.2) is 44.4 Å². The minimum atomic E-state index is -3.13. The number of hydrogen-bond acceptors (Lipinski definition) is 5. The van der Waals surface area contributed by atoms with E-state index in [-0.39, 0.29) is 35.9 Å². The van der Waals surface area contributed by atoms with Gasteiger partial charge in [0.15, 0.2) is 16.4 Å². The Morgan fingerprint density at radius 1 is 1.25 bits per heavy atom. The van der Waals surface area contributed by atoms with Gasteiger partial charge in [-0.1, -0.05) is 25.1 Å². The number of nitrogens with zero attached hydrogens (tertiary/aromatic N) is 1. The summed E-state index contributed by atoms with van der Waals surface area (Å²) < 4.78 is 28.7. The second-order valence-corrected chi connectivity index (χ2v) is 8.81. The zero-order valence-electron chi connectivity index (χ0n) is 13.6. The van der Waals surface area contributed by atoms with E-state index in [1.807, 2.05) is 13.0 Å².